The molecule has 7 unspecified atom stereocenters. The van der Waals surface area contributed by atoms with Gasteiger partial charge in [-0.3, -0.25) is 0 Å². The van der Waals surface area contributed by atoms with Gasteiger partial charge in [0, 0.05) is 6.42 Å². The van der Waals surface area contributed by atoms with Crippen molar-refractivity contribution in [2.45, 2.75) is 87.9 Å². The van der Waals surface area contributed by atoms with E-state index in [9.17, 15) is 35.7 Å². The number of fused-ring (bicyclic) bond motifs is 1. The largest absolute Gasteiger partial charge is 0.392 e. The number of hydrogen-bond donors (Lipinski definition) is 7. The Labute approximate surface area is 159 Å². The normalized spacial score (nSPS) is 37.0. The molecule has 1 fully saturated rings. The molecular formula is C19H32O8. The van der Waals surface area contributed by atoms with Gasteiger partial charge in [-0.1, -0.05) is 25.5 Å². The van der Waals surface area contributed by atoms with E-state index in [0.717, 1.165) is 0 Å². The zero-order chi connectivity index (χ0) is 20.6. The Hall–Kier alpha value is -0.840. The summed E-state index contributed by atoms with van der Waals surface area (Å²) in [6.45, 7) is 4.33. The highest BCUT2D eigenvalue weighted by Crippen LogP contribution is 2.46. The van der Waals surface area contributed by atoms with Crippen molar-refractivity contribution < 1.29 is 40.5 Å². The lowest BCUT2D eigenvalue weighted by atomic mass is 9.72. The number of aliphatic hydroxyl groups is 7. The quantitative estimate of drug-likeness (QED) is 0.286. The van der Waals surface area contributed by atoms with E-state index in [0.29, 0.717) is 12.8 Å². The van der Waals surface area contributed by atoms with Crippen LogP contribution in [-0.4, -0.2) is 90.2 Å². The fraction of sp³-hybridized carbons (Fsp3) is 0.789. The van der Waals surface area contributed by atoms with Crippen molar-refractivity contribution in [2.24, 2.45) is 0 Å². The molecule has 0 aromatic rings. The molecule has 0 aromatic heterocycles. The van der Waals surface area contributed by atoms with Crippen LogP contribution >= 0.6 is 0 Å². The summed E-state index contributed by atoms with van der Waals surface area (Å²) in [5.41, 5.74) is -2.89. The summed E-state index contributed by atoms with van der Waals surface area (Å²) in [5, 5.41) is 71.8. The van der Waals surface area contributed by atoms with Crippen LogP contribution in [0.2, 0.25) is 0 Å². The van der Waals surface area contributed by atoms with Gasteiger partial charge in [0.15, 0.2) is 0 Å². The van der Waals surface area contributed by atoms with E-state index in [1.165, 1.54) is 26.0 Å². The second-order valence-electron chi connectivity index (χ2n) is 8.09. The molecule has 1 aliphatic carbocycles. The molecule has 0 saturated carbocycles. The van der Waals surface area contributed by atoms with Gasteiger partial charge >= 0.3 is 0 Å². The second kappa shape index (κ2) is 8.26. The van der Waals surface area contributed by atoms with Gasteiger partial charge < -0.3 is 40.5 Å². The first-order valence-corrected chi connectivity index (χ1v) is 9.31. The molecule has 7 atom stereocenters. The Morgan fingerprint density at radius 2 is 1.93 bits per heavy atom. The fourth-order valence-corrected chi connectivity index (χ4v) is 3.77. The van der Waals surface area contributed by atoms with Crippen LogP contribution in [0.3, 0.4) is 0 Å². The van der Waals surface area contributed by atoms with Crippen LogP contribution in [0.15, 0.2) is 23.3 Å². The average molecular weight is 388 g/mol. The number of hydrogen-bond acceptors (Lipinski definition) is 8. The Morgan fingerprint density at radius 3 is 2.44 bits per heavy atom. The topological polar surface area (TPSA) is 151 Å². The average Bonchev–Trinajstić information content (AvgIpc) is 2.96. The maximum atomic E-state index is 10.9. The maximum Gasteiger partial charge on any atom is 0.126 e. The summed E-state index contributed by atoms with van der Waals surface area (Å²) < 4.78 is 5.74. The monoisotopic (exact) mass is 388 g/mol. The van der Waals surface area contributed by atoms with Gasteiger partial charge in [-0.15, -0.1) is 0 Å². The van der Waals surface area contributed by atoms with Crippen LogP contribution in [0, 0.1) is 0 Å². The molecule has 1 heterocycles. The van der Waals surface area contributed by atoms with Crippen LogP contribution in [0.5, 0.6) is 0 Å². The molecule has 1 saturated heterocycles. The molecule has 8 heteroatoms. The Kier molecular flexibility index (Phi) is 6.87. The van der Waals surface area contributed by atoms with E-state index in [-0.39, 0.29) is 17.6 Å². The van der Waals surface area contributed by atoms with Gasteiger partial charge in [0.05, 0.1) is 30.5 Å². The molecular weight excluding hydrogens is 356 g/mol. The third-order valence-corrected chi connectivity index (χ3v) is 5.49. The molecule has 2 aliphatic rings. The van der Waals surface area contributed by atoms with E-state index in [1.54, 1.807) is 0 Å². The van der Waals surface area contributed by atoms with Crippen molar-refractivity contribution in [3.63, 3.8) is 0 Å². The lowest BCUT2D eigenvalue weighted by Gasteiger charge is -2.42. The molecule has 0 bridgehead atoms. The van der Waals surface area contributed by atoms with Crippen molar-refractivity contribution in [1.82, 2.24) is 0 Å². The fourth-order valence-electron chi connectivity index (χ4n) is 3.77. The van der Waals surface area contributed by atoms with Crippen molar-refractivity contribution >= 4 is 0 Å². The molecule has 2 rings (SSSR count). The number of aliphatic hydroxyl groups excluding tert-OH is 5. The minimum Gasteiger partial charge on any atom is -0.392 e. The summed E-state index contributed by atoms with van der Waals surface area (Å²) in [4.78, 5) is 0. The SMILES string of the molecule is CCCC(O)C(O)C=CC1=C(CO)C2OC(C(C)(C)O)CC2(O)C(O)C1O. The predicted molar refractivity (Wildman–Crippen MR) is 96.7 cm³/mol. The van der Waals surface area contributed by atoms with E-state index < -0.39 is 54.4 Å². The first-order chi connectivity index (χ1) is 12.5. The van der Waals surface area contributed by atoms with Crippen molar-refractivity contribution in [3.05, 3.63) is 23.3 Å². The van der Waals surface area contributed by atoms with Crippen LogP contribution in [0.25, 0.3) is 0 Å². The zero-order valence-electron chi connectivity index (χ0n) is 16.0. The minimum absolute atomic E-state index is 0.110. The van der Waals surface area contributed by atoms with Gasteiger partial charge in [0.25, 0.3) is 0 Å². The van der Waals surface area contributed by atoms with Crippen molar-refractivity contribution in [1.29, 1.82) is 0 Å². The standard InChI is InChI=1S/C19H32O8/c1-4-5-12(21)13(22)7-6-10-11(9-20)17-19(26,16(24)15(10)23)8-14(27-17)18(2,3)25/h6-7,12-17,20-26H,4-5,8-9H2,1-3H3. The highest BCUT2D eigenvalue weighted by molar-refractivity contribution is 5.41. The van der Waals surface area contributed by atoms with Gasteiger partial charge in [0.1, 0.15) is 23.9 Å². The highest BCUT2D eigenvalue weighted by Gasteiger charge is 2.60. The third kappa shape index (κ3) is 4.28. The Morgan fingerprint density at radius 1 is 1.30 bits per heavy atom. The van der Waals surface area contributed by atoms with Crippen LogP contribution in [0.1, 0.15) is 40.0 Å². The summed E-state index contributed by atoms with van der Waals surface area (Å²) >= 11 is 0. The summed E-state index contributed by atoms with van der Waals surface area (Å²) in [6.07, 6.45) is -3.67. The lowest BCUT2D eigenvalue weighted by molar-refractivity contribution is -0.149. The molecule has 27 heavy (non-hydrogen) atoms. The predicted octanol–water partition coefficient (Wildman–Crippen LogP) is -1.25. The first-order valence-electron chi connectivity index (χ1n) is 9.31. The molecule has 0 radical (unpaired) electrons. The van der Waals surface area contributed by atoms with Crippen LogP contribution in [-0.2, 0) is 4.74 Å². The van der Waals surface area contributed by atoms with Crippen molar-refractivity contribution in [2.75, 3.05) is 6.61 Å². The number of ether oxygens (including phenoxy) is 1. The van der Waals surface area contributed by atoms with E-state index in [2.05, 4.69) is 0 Å². The Balaban J connectivity index is 2.37. The molecule has 0 spiro atoms. The Bertz CT molecular complexity index is 581. The summed E-state index contributed by atoms with van der Waals surface area (Å²) in [6, 6.07) is 0. The molecule has 0 amide bonds. The zero-order valence-corrected chi connectivity index (χ0v) is 16.0. The van der Waals surface area contributed by atoms with E-state index in [1.807, 2.05) is 6.92 Å². The molecule has 1 aliphatic heterocycles. The maximum absolute atomic E-state index is 10.9. The lowest BCUT2D eigenvalue weighted by Crippen LogP contribution is -2.59. The van der Waals surface area contributed by atoms with E-state index in [4.69, 9.17) is 4.74 Å². The molecule has 7 N–H and O–H groups in total. The van der Waals surface area contributed by atoms with Gasteiger partial charge in [0.2, 0.25) is 0 Å². The number of rotatable bonds is 7. The van der Waals surface area contributed by atoms with Crippen LogP contribution in [0.4, 0.5) is 0 Å². The summed E-state index contributed by atoms with van der Waals surface area (Å²) in [5.74, 6) is 0. The van der Waals surface area contributed by atoms with E-state index >= 15 is 0 Å². The third-order valence-electron chi connectivity index (χ3n) is 5.49. The summed E-state index contributed by atoms with van der Waals surface area (Å²) in [7, 11) is 0. The minimum atomic E-state index is -1.86. The van der Waals surface area contributed by atoms with Gasteiger partial charge in [-0.2, -0.15) is 0 Å². The smallest absolute Gasteiger partial charge is 0.126 e. The van der Waals surface area contributed by atoms with Crippen LogP contribution < -0.4 is 0 Å². The van der Waals surface area contributed by atoms with Gasteiger partial charge in [-0.25, -0.2) is 0 Å². The molecule has 156 valence electrons. The highest BCUT2D eigenvalue weighted by atomic mass is 16.5. The second-order valence-corrected chi connectivity index (χ2v) is 8.09. The first kappa shape index (κ1) is 22.4. The molecule has 0 aromatic carbocycles. The van der Waals surface area contributed by atoms with Gasteiger partial charge in [-0.05, 0) is 31.4 Å². The molecule has 8 nitrogen and oxygen atoms in total. The van der Waals surface area contributed by atoms with Crippen molar-refractivity contribution in [3.8, 4) is 0 Å².